The maximum Gasteiger partial charge on any atom is 0.339 e. The summed E-state index contributed by atoms with van der Waals surface area (Å²) in [5.41, 5.74) is 5.12. The zero-order valence-electron chi connectivity index (χ0n) is 18.3. The molecule has 170 valence electrons. The summed E-state index contributed by atoms with van der Waals surface area (Å²) in [6.07, 6.45) is 4.15. The van der Waals surface area contributed by atoms with Gasteiger partial charge < -0.3 is 9.17 Å². The SMILES string of the molecule is Cc1ccc(S(=O)(=O)Oc2cccc(-c3cnc4[nH]cc(Cc5cccc(F)c5)c4c3)c2)cc1. The molecule has 2 heterocycles. The lowest BCUT2D eigenvalue weighted by Crippen LogP contribution is -2.09. The largest absolute Gasteiger partial charge is 0.379 e. The van der Waals surface area contributed by atoms with Gasteiger partial charge >= 0.3 is 10.1 Å². The third-order valence-electron chi connectivity index (χ3n) is 5.58. The number of rotatable bonds is 6. The number of H-pyrrole nitrogens is 1. The molecule has 0 aliphatic carbocycles. The van der Waals surface area contributed by atoms with E-state index in [-0.39, 0.29) is 16.5 Å². The lowest BCUT2D eigenvalue weighted by molar-refractivity contribution is 0.486. The highest BCUT2D eigenvalue weighted by molar-refractivity contribution is 7.87. The second kappa shape index (κ2) is 8.76. The Morgan fingerprint density at radius 3 is 2.53 bits per heavy atom. The van der Waals surface area contributed by atoms with Crippen molar-refractivity contribution in [2.75, 3.05) is 0 Å². The average molecular weight is 473 g/mol. The first-order chi connectivity index (χ1) is 16.4. The minimum Gasteiger partial charge on any atom is -0.379 e. The molecule has 0 fully saturated rings. The third-order valence-corrected chi connectivity index (χ3v) is 6.84. The molecule has 1 N–H and O–H groups in total. The van der Waals surface area contributed by atoms with Crippen molar-refractivity contribution in [2.45, 2.75) is 18.2 Å². The van der Waals surface area contributed by atoms with Crippen LogP contribution in [0.2, 0.25) is 0 Å². The van der Waals surface area contributed by atoms with E-state index in [4.69, 9.17) is 4.18 Å². The van der Waals surface area contributed by atoms with Gasteiger partial charge in [0.25, 0.3) is 0 Å². The van der Waals surface area contributed by atoms with Gasteiger partial charge in [-0.25, -0.2) is 9.37 Å². The van der Waals surface area contributed by atoms with Crippen molar-refractivity contribution in [3.63, 3.8) is 0 Å². The lowest BCUT2D eigenvalue weighted by atomic mass is 10.0. The molecule has 5 nitrogen and oxygen atoms in total. The van der Waals surface area contributed by atoms with E-state index < -0.39 is 10.1 Å². The first-order valence-electron chi connectivity index (χ1n) is 10.7. The van der Waals surface area contributed by atoms with Gasteiger partial charge in [0.05, 0.1) is 0 Å². The number of nitrogens with one attached hydrogen (secondary N) is 1. The predicted octanol–water partition coefficient (Wildman–Crippen LogP) is 6.04. The molecule has 0 spiro atoms. The van der Waals surface area contributed by atoms with Crippen molar-refractivity contribution in [2.24, 2.45) is 0 Å². The molecule has 5 rings (SSSR count). The number of hydrogen-bond acceptors (Lipinski definition) is 4. The molecular formula is C27H21FN2O3S. The van der Waals surface area contributed by atoms with E-state index in [1.807, 2.05) is 31.3 Å². The van der Waals surface area contributed by atoms with Crippen molar-refractivity contribution in [3.05, 3.63) is 114 Å². The normalized spacial score (nSPS) is 11.6. The second-order valence-corrected chi connectivity index (χ2v) is 9.67. The molecule has 0 aliphatic heterocycles. The molecule has 0 radical (unpaired) electrons. The lowest BCUT2D eigenvalue weighted by Gasteiger charge is -2.09. The van der Waals surface area contributed by atoms with Crippen molar-refractivity contribution >= 4 is 21.2 Å². The van der Waals surface area contributed by atoms with Gasteiger partial charge in [-0.1, -0.05) is 42.0 Å². The Morgan fingerprint density at radius 1 is 0.941 bits per heavy atom. The number of nitrogens with zero attached hydrogens (tertiary/aromatic N) is 1. The molecule has 7 heteroatoms. The van der Waals surface area contributed by atoms with E-state index >= 15 is 0 Å². The monoisotopic (exact) mass is 472 g/mol. The van der Waals surface area contributed by atoms with Crippen LogP contribution in [0, 0.1) is 12.7 Å². The molecule has 0 aliphatic rings. The molecule has 0 unspecified atom stereocenters. The molecule has 0 amide bonds. The maximum atomic E-state index is 13.6. The summed E-state index contributed by atoms with van der Waals surface area (Å²) in [6, 6.07) is 21.9. The van der Waals surface area contributed by atoms with Crippen LogP contribution in [0.15, 0.2) is 96.2 Å². The number of hydrogen-bond donors (Lipinski definition) is 1. The molecule has 0 saturated heterocycles. The zero-order chi connectivity index (χ0) is 23.7. The van der Waals surface area contributed by atoms with Gasteiger partial charge in [-0.3, -0.25) is 0 Å². The van der Waals surface area contributed by atoms with Crippen molar-refractivity contribution < 1.29 is 17.0 Å². The number of aromatic nitrogens is 2. The fraction of sp³-hybridized carbons (Fsp3) is 0.0741. The van der Waals surface area contributed by atoms with Crippen LogP contribution in [-0.2, 0) is 16.5 Å². The van der Waals surface area contributed by atoms with Gasteiger partial charge in [-0.05, 0) is 72.5 Å². The van der Waals surface area contributed by atoms with Gasteiger partial charge in [0.15, 0.2) is 0 Å². The summed E-state index contributed by atoms with van der Waals surface area (Å²) in [7, 11) is -3.95. The highest BCUT2D eigenvalue weighted by Crippen LogP contribution is 2.29. The molecule has 34 heavy (non-hydrogen) atoms. The second-order valence-electron chi connectivity index (χ2n) is 8.12. The highest BCUT2D eigenvalue weighted by Gasteiger charge is 2.17. The molecular weight excluding hydrogens is 451 g/mol. The van der Waals surface area contributed by atoms with Crippen molar-refractivity contribution in [1.29, 1.82) is 0 Å². The summed E-state index contributed by atoms with van der Waals surface area (Å²) in [5.74, 6) is -0.0548. The summed E-state index contributed by atoms with van der Waals surface area (Å²) >= 11 is 0. The number of aromatic amines is 1. The van der Waals surface area contributed by atoms with E-state index in [2.05, 4.69) is 9.97 Å². The Kier molecular flexibility index (Phi) is 5.63. The van der Waals surface area contributed by atoms with Crippen LogP contribution in [0.3, 0.4) is 0 Å². The smallest absolute Gasteiger partial charge is 0.339 e. The van der Waals surface area contributed by atoms with Crippen LogP contribution in [0.5, 0.6) is 5.75 Å². The van der Waals surface area contributed by atoms with Crippen LogP contribution in [0.25, 0.3) is 22.2 Å². The number of halogens is 1. The quantitative estimate of drug-likeness (QED) is 0.306. The van der Waals surface area contributed by atoms with Gasteiger partial charge in [0.2, 0.25) is 0 Å². The maximum absolute atomic E-state index is 13.6. The Bertz CT molecular complexity index is 1590. The molecule has 0 saturated carbocycles. The molecule has 0 atom stereocenters. The third kappa shape index (κ3) is 4.56. The molecule has 2 aromatic heterocycles. The van der Waals surface area contributed by atoms with Crippen LogP contribution < -0.4 is 4.18 Å². The summed E-state index contributed by atoms with van der Waals surface area (Å²) in [6.45, 7) is 1.89. The number of aryl methyl sites for hydroxylation is 1. The van der Waals surface area contributed by atoms with E-state index in [9.17, 15) is 12.8 Å². The van der Waals surface area contributed by atoms with Crippen molar-refractivity contribution in [1.82, 2.24) is 9.97 Å². The predicted molar refractivity (Wildman–Crippen MR) is 130 cm³/mol. The molecule has 3 aromatic carbocycles. The summed E-state index contributed by atoms with van der Waals surface area (Å²) in [5, 5.41) is 0.917. The number of fused-ring (bicyclic) bond motifs is 1. The van der Waals surface area contributed by atoms with Crippen molar-refractivity contribution in [3.8, 4) is 16.9 Å². The van der Waals surface area contributed by atoms with Crippen LogP contribution in [0.1, 0.15) is 16.7 Å². The van der Waals surface area contributed by atoms with Gasteiger partial charge in [0, 0.05) is 23.3 Å². The zero-order valence-corrected chi connectivity index (χ0v) is 19.1. The van der Waals surface area contributed by atoms with E-state index in [0.717, 1.165) is 38.9 Å². The molecule has 5 aromatic rings. The van der Waals surface area contributed by atoms with Crippen LogP contribution in [-0.4, -0.2) is 18.4 Å². The van der Waals surface area contributed by atoms with Crippen LogP contribution >= 0.6 is 0 Å². The summed E-state index contributed by atoms with van der Waals surface area (Å²) < 4.78 is 44.3. The van der Waals surface area contributed by atoms with Gasteiger partial charge in [0.1, 0.15) is 22.1 Å². The standard InChI is InChI=1S/C27H21FN2O3S/c1-18-8-10-25(11-9-18)34(31,32)33-24-7-3-5-20(14-24)21-15-26-22(17-30-27(26)29-16-21)12-19-4-2-6-23(28)13-19/h2-11,13-17H,12H2,1H3,(H,29,30). The number of benzene rings is 3. The first-order valence-corrected chi connectivity index (χ1v) is 12.1. The van der Waals surface area contributed by atoms with E-state index in [0.29, 0.717) is 6.42 Å². The summed E-state index contributed by atoms with van der Waals surface area (Å²) in [4.78, 5) is 7.76. The Labute approximate surface area is 197 Å². The fourth-order valence-corrected chi connectivity index (χ4v) is 4.76. The first kappa shape index (κ1) is 21.9. The minimum absolute atomic E-state index is 0.0981. The average Bonchev–Trinajstić information content (AvgIpc) is 3.21. The molecule has 0 bridgehead atoms. The highest BCUT2D eigenvalue weighted by atomic mass is 32.2. The van der Waals surface area contributed by atoms with E-state index in [1.54, 1.807) is 42.6 Å². The minimum atomic E-state index is -3.95. The van der Waals surface area contributed by atoms with Crippen LogP contribution in [0.4, 0.5) is 4.39 Å². The van der Waals surface area contributed by atoms with E-state index in [1.165, 1.54) is 24.3 Å². The van der Waals surface area contributed by atoms with Gasteiger partial charge in [-0.15, -0.1) is 0 Å². The Hall–Kier alpha value is -3.97. The van der Waals surface area contributed by atoms with Gasteiger partial charge in [-0.2, -0.15) is 8.42 Å². The Balaban J connectivity index is 1.45. The number of pyridine rings is 1. The fourth-order valence-electron chi connectivity index (χ4n) is 3.84. The Morgan fingerprint density at radius 2 is 1.74 bits per heavy atom. The topological polar surface area (TPSA) is 72.1 Å².